The number of nitrogens with zero attached hydrogens (tertiary/aromatic N) is 2. The number of piperidine rings is 1. The highest BCUT2D eigenvalue weighted by atomic mass is 16.5. The number of ether oxygens (including phenoxy) is 1. The summed E-state index contributed by atoms with van der Waals surface area (Å²) in [5.74, 6) is 0.447. The van der Waals surface area contributed by atoms with Gasteiger partial charge >= 0.3 is 0 Å². The molecule has 1 aliphatic rings. The van der Waals surface area contributed by atoms with Crippen LogP contribution < -0.4 is 5.32 Å². The number of aromatic amines is 1. The number of likely N-dealkylation sites (tertiary alicyclic amines) is 1. The van der Waals surface area contributed by atoms with Gasteiger partial charge in [-0.3, -0.25) is 14.7 Å². The van der Waals surface area contributed by atoms with Crippen molar-refractivity contribution in [3.05, 3.63) is 65.4 Å². The van der Waals surface area contributed by atoms with Gasteiger partial charge in [0.15, 0.2) is 5.69 Å². The largest absolute Gasteiger partial charge is 0.383 e. The van der Waals surface area contributed by atoms with E-state index in [4.69, 9.17) is 4.74 Å². The number of nitrogens with one attached hydrogen (secondary N) is 2. The Labute approximate surface area is 181 Å². The zero-order valence-corrected chi connectivity index (χ0v) is 17.8. The van der Waals surface area contributed by atoms with Crippen LogP contribution >= 0.6 is 0 Å². The topological polar surface area (TPSA) is 87.3 Å². The van der Waals surface area contributed by atoms with Gasteiger partial charge in [0.05, 0.1) is 12.1 Å². The second-order valence-corrected chi connectivity index (χ2v) is 8.00. The van der Waals surface area contributed by atoms with E-state index in [9.17, 15) is 9.59 Å². The van der Waals surface area contributed by atoms with E-state index >= 15 is 0 Å². The molecule has 2 aromatic carbocycles. The number of benzene rings is 2. The van der Waals surface area contributed by atoms with Crippen molar-refractivity contribution >= 4 is 22.7 Å². The van der Waals surface area contributed by atoms with Gasteiger partial charge in [0.2, 0.25) is 0 Å². The number of fused-ring (bicyclic) bond motifs is 1. The fraction of sp³-hybridized carbons (Fsp3) is 0.375. The standard InChI is InChI=1S/C24H28N4O3/c1-31-15-12-25-23(29)19-8-6-17(7-9-19)16-18-10-13-28(14-11-18)24(30)22-20-4-2-3-5-21(20)26-27-22/h2-9,18H,10-16H2,1H3,(H,25,29)(H,26,27). The molecule has 31 heavy (non-hydrogen) atoms. The van der Waals surface area contributed by atoms with Gasteiger partial charge in [-0.15, -0.1) is 0 Å². The quantitative estimate of drug-likeness (QED) is 0.575. The highest BCUT2D eigenvalue weighted by molar-refractivity contribution is 6.04. The van der Waals surface area contributed by atoms with Crippen molar-refractivity contribution < 1.29 is 14.3 Å². The first kappa shape index (κ1) is 21.1. The van der Waals surface area contributed by atoms with E-state index < -0.39 is 0 Å². The molecule has 2 heterocycles. The SMILES string of the molecule is COCCNC(=O)c1ccc(CC2CCN(C(=O)c3n[nH]c4ccccc34)CC2)cc1. The van der Waals surface area contributed by atoms with Gasteiger partial charge in [0, 0.05) is 37.7 Å². The molecule has 7 heteroatoms. The minimum atomic E-state index is -0.0821. The molecule has 0 saturated carbocycles. The molecular weight excluding hydrogens is 392 g/mol. The van der Waals surface area contributed by atoms with Gasteiger partial charge < -0.3 is 15.0 Å². The van der Waals surface area contributed by atoms with Crippen molar-refractivity contribution in [3.63, 3.8) is 0 Å². The van der Waals surface area contributed by atoms with Crippen molar-refractivity contribution in [2.45, 2.75) is 19.3 Å². The number of methoxy groups -OCH3 is 1. The molecule has 3 aromatic rings. The third-order valence-electron chi connectivity index (χ3n) is 5.91. The summed E-state index contributed by atoms with van der Waals surface area (Å²) >= 11 is 0. The number of carbonyl (C=O) groups is 2. The van der Waals surface area contributed by atoms with E-state index in [1.807, 2.05) is 53.4 Å². The van der Waals surface area contributed by atoms with E-state index in [0.29, 0.717) is 30.3 Å². The zero-order chi connectivity index (χ0) is 21.6. The molecule has 2 N–H and O–H groups in total. The molecule has 1 saturated heterocycles. The van der Waals surface area contributed by atoms with Crippen LogP contribution in [0.1, 0.15) is 39.3 Å². The Hall–Kier alpha value is -3.19. The van der Waals surface area contributed by atoms with Gasteiger partial charge in [-0.25, -0.2) is 0 Å². The second kappa shape index (κ2) is 9.75. The Morgan fingerprint density at radius 3 is 2.61 bits per heavy atom. The number of amides is 2. The van der Waals surface area contributed by atoms with Crippen LogP contribution in [0.4, 0.5) is 0 Å². The molecule has 0 aliphatic carbocycles. The van der Waals surface area contributed by atoms with E-state index in [1.165, 1.54) is 5.56 Å². The summed E-state index contributed by atoms with van der Waals surface area (Å²) in [6, 6.07) is 15.5. The average molecular weight is 421 g/mol. The Morgan fingerprint density at radius 2 is 1.87 bits per heavy atom. The van der Waals surface area contributed by atoms with Crippen LogP contribution in [0.2, 0.25) is 0 Å². The number of H-pyrrole nitrogens is 1. The van der Waals surface area contributed by atoms with Crippen LogP contribution in [-0.4, -0.2) is 60.3 Å². The van der Waals surface area contributed by atoms with E-state index in [0.717, 1.165) is 43.3 Å². The molecule has 0 unspecified atom stereocenters. The van der Waals surface area contributed by atoms with Crippen LogP contribution in [0, 0.1) is 5.92 Å². The lowest BCUT2D eigenvalue weighted by molar-refractivity contribution is 0.0686. The lowest BCUT2D eigenvalue weighted by Gasteiger charge is -2.31. The van der Waals surface area contributed by atoms with E-state index in [-0.39, 0.29) is 11.8 Å². The fourth-order valence-corrected chi connectivity index (χ4v) is 4.11. The Kier molecular flexibility index (Phi) is 6.62. The Balaban J connectivity index is 1.29. The lowest BCUT2D eigenvalue weighted by atomic mass is 9.89. The summed E-state index contributed by atoms with van der Waals surface area (Å²) in [5.41, 5.74) is 3.27. The van der Waals surface area contributed by atoms with Crippen molar-refractivity contribution in [1.82, 2.24) is 20.4 Å². The highest BCUT2D eigenvalue weighted by Crippen LogP contribution is 2.24. The molecule has 1 aliphatic heterocycles. The molecule has 4 rings (SSSR count). The number of rotatable bonds is 7. The minimum Gasteiger partial charge on any atom is -0.383 e. The minimum absolute atomic E-state index is 0.000242. The maximum absolute atomic E-state index is 12.9. The first-order chi connectivity index (χ1) is 15.2. The molecule has 2 amide bonds. The molecule has 0 radical (unpaired) electrons. The number of hydrogen-bond donors (Lipinski definition) is 2. The van der Waals surface area contributed by atoms with Crippen LogP contribution in [0.15, 0.2) is 48.5 Å². The lowest BCUT2D eigenvalue weighted by Crippen LogP contribution is -2.39. The first-order valence-electron chi connectivity index (χ1n) is 10.7. The normalized spacial score (nSPS) is 14.7. The molecule has 0 bridgehead atoms. The molecule has 0 spiro atoms. The summed E-state index contributed by atoms with van der Waals surface area (Å²) in [5, 5.41) is 10.9. The molecule has 1 fully saturated rings. The predicted molar refractivity (Wildman–Crippen MR) is 119 cm³/mol. The molecule has 1 aromatic heterocycles. The molecule has 162 valence electrons. The maximum atomic E-state index is 12.9. The average Bonchev–Trinajstić information content (AvgIpc) is 3.24. The fourth-order valence-electron chi connectivity index (χ4n) is 4.11. The third kappa shape index (κ3) is 4.94. The van der Waals surface area contributed by atoms with E-state index in [1.54, 1.807) is 7.11 Å². The smallest absolute Gasteiger partial charge is 0.274 e. The van der Waals surface area contributed by atoms with Crippen molar-refractivity contribution in [3.8, 4) is 0 Å². The third-order valence-corrected chi connectivity index (χ3v) is 5.91. The van der Waals surface area contributed by atoms with Crippen molar-refractivity contribution in [1.29, 1.82) is 0 Å². The summed E-state index contributed by atoms with van der Waals surface area (Å²) in [6.45, 7) is 2.49. The second-order valence-electron chi connectivity index (χ2n) is 8.00. The number of aromatic nitrogens is 2. The predicted octanol–water partition coefficient (Wildman–Crippen LogP) is 3.03. The van der Waals surface area contributed by atoms with Crippen LogP contribution in [0.5, 0.6) is 0 Å². The maximum Gasteiger partial charge on any atom is 0.274 e. The van der Waals surface area contributed by atoms with Gasteiger partial charge in [-0.05, 0) is 48.9 Å². The summed E-state index contributed by atoms with van der Waals surface area (Å²) in [4.78, 5) is 26.9. The monoisotopic (exact) mass is 420 g/mol. The van der Waals surface area contributed by atoms with Crippen molar-refractivity contribution in [2.24, 2.45) is 5.92 Å². The molecule has 7 nitrogen and oxygen atoms in total. The molecular formula is C24H28N4O3. The van der Waals surface area contributed by atoms with Crippen LogP contribution in [0.3, 0.4) is 0 Å². The van der Waals surface area contributed by atoms with Gasteiger partial charge in [0.25, 0.3) is 11.8 Å². The first-order valence-corrected chi connectivity index (χ1v) is 10.7. The summed E-state index contributed by atoms with van der Waals surface area (Å²) < 4.78 is 4.95. The van der Waals surface area contributed by atoms with E-state index in [2.05, 4.69) is 15.5 Å². The zero-order valence-electron chi connectivity index (χ0n) is 17.8. The number of hydrogen-bond acceptors (Lipinski definition) is 4. The molecule has 0 atom stereocenters. The van der Waals surface area contributed by atoms with Gasteiger partial charge in [0.1, 0.15) is 0 Å². The summed E-state index contributed by atoms with van der Waals surface area (Å²) in [7, 11) is 1.61. The number of para-hydroxylation sites is 1. The van der Waals surface area contributed by atoms with Crippen LogP contribution in [0.25, 0.3) is 10.9 Å². The Morgan fingerprint density at radius 1 is 1.13 bits per heavy atom. The van der Waals surface area contributed by atoms with Crippen LogP contribution in [-0.2, 0) is 11.2 Å². The van der Waals surface area contributed by atoms with Crippen molar-refractivity contribution in [2.75, 3.05) is 33.4 Å². The Bertz CT molecular complexity index is 1040. The summed E-state index contributed by atoms with van der Waals surface area (Å²) in [6.07, 6.45) is 2.89. The van der Waals surface area contributed by atoms with Gasteiger partial charge in [-0.1, -0.05) is 30.3 Å². The number of carbonyl (C=O) groups excluding carboxylic acids is 2. The highest BCUT2D eigenvalue weighted by Gasteiger charge is 2.26. The van der Waals surface area contributed by atoms with Gasteiger partial charge in [-0.2, -0.15) is 5.10 Å².